The van der Waals surface area contributed by atoms with Gasteiger partial charge in [-0.25, -0.2) is 4.79 Å². The number of ketones is 1. The van der Waals surface area contributed by atoms with Crippen LogP contribution in [-0.4, -0.2) is 23.8 Å². The van der Waals surface area contributed by atoms with E-state index in [1.165, 1.54) is 20.1 Å². The minimum atomic E-state index is -0.486. The van der Waals surface area contributed by atoms with Gasteiger partial charge in [0.25, 0.3) is 0 Å². The van der Waals surface area contributed by atoms with Gasteiger partial charge >= 0.3 is 5.97 Å². The molecular formula is C14H13NO3. The molecule has 4 heteroatoms. The lowest BCUT2D eigenvalue weighted by atomic mass is 10.1. The summed E-state index contributed by atoms with van der Waals surface area (Å²) in [6.45, 7) is 1.47. The van der Waals surface area contributed by atoms with E-state index in [4.69, 9.17) is 0 Å². The maximum Gasteiger partial charge on any atom is 0.354 e. The van der Waals surface area contributed by atoms with Gasteiger partial charge in [0, 0.05) is 5.56 Å². The van der Waals surface area contributed by atoms with E-state index in [0.717, 1.165) is 5.56 Å². The minimum Gasteiger partial charge on any atom is -0.464 e. The summed E-state index contributed by atoms with van der Waals surface area (Å²) < 4.78 is 4.64. The van der Waals surface area contributed by atoms with Crippen molar-refractivity contribution in [2.75, 3.05) is 7.11 Å². The number of H-pyrrole nitrogens is 1. The van der Waals surface area contributed by atoms with Crippen LogP contribution < -0.4 is 0 Å². The SMILES string of the molecule is COC(=O)c1cc(C(C)=O)c(-c2ccccc2)[nH]1. The normalized spacial score (nSPS) is 10.1. The third-order valence-electron chi connectivity index (χ3n) is 2.66. The lowest BCUT2D eigenvalue weighted by molar-refractivity contribution is 0.0595. The molecule has 0 bridgehead atoms. The summed E-state index contributed by atoms with van der Waals surface area (Å²) in [7, 11) is 1.30. The summed E-state index contributed by atoms with van der Waals surface area (Å²) in [5.41, 5.74) is 2.27. The van der Waals surface area contributed by atoms with Crippen molar-refractivity contribution in [2.24, 2.45) is 0 Å². The smallest absolute Gasteiger partial charge is 0.354 e. The third kappa shape index (κ3) is 2.18. The number of esters is 1. The molecule has 0 aliphatic heterocycles. The molecule has 1 aromatic heterocycles. The molecule has 0 radical (unpaired) electrons. The zero-order valence-electron chi connectivity index (χ0n) is 10.2. The number of benzene rings is 1. The summed E-state index contributed by atoms with van der Waals surface area (Å²) in [6.07, 6.45) is 0. The molecule has 92 valence electrons. The largest absolute Gasteiger partial charge is 0.464 e. The first-order chi connectivity index (χ1) is 8.63. The molecule has 18 heavy (non-hydrogen) atoms. The second-order valence-electron chi connectivity index (χ2n) is 3.89. The zero-order chi connectivity index (χ0) is 13.1. The van der Waals surface area contributed by atoms with Gasteiger partial charge in [0.1, 0.15) is 5.69 Å². The van der Waals surface area contributed by atoms with Gasteiger partial charge in [-0.3, -0.25) is 4.79 Å². The molecule has 1 aromatic carbocycles. The summed E-state index contributed by atoms with van der Waals surface area (Å²) in [4.78, 5) is 26.0. The fourth-order valence-electron chi connectivity index (χ4n) is 1.78. The van der Waals surface area contributed by atoms with Crippen LogP contribution in [0.15, 0.2) is 36.4 Å². The van der Waals surface area contributed by atoms with Crippen LogP contribution in [0.1, 0.15) is 27.8 Å². The van der Waals surface area contributed by atoms with Gasteiger partial charge in [-0.1, -0.05) is 30.3 Å². The van der Waals surface area contributed by atoms with Crippen LogP contribution in [0.4, 0.5) is 0 Å². The van der Waals surface area contributed by atoms with Crippen LogP contribution in [0.25, 0.3) is 11.3 Å². The highest BCUT2D eigenvalue weighted by atomic mass is 16.5. The molecule has 0 fully saturated rings. The van der Waals surface area contributed by atoms with Crippen molar-refractivity contribution >= 4 is 11.8 Å². The Bertz CT molecular complexity index is 584. The lowest BCUT2D eigenvalue weighted by Crippen LogP contribution is -2.00. The monoisotopic (exact) mass is 243 g/mol. The summed E-state index contributed by atoms with van der Waals surface area (Å²) in [5.74, 6) is -0.583. The second kappa shape index (κ2) is 4.87. The number of methoxy groups -OCH3 is 1. The van der Waals surface area contributed by atoms with Crippen molar-refractivity contribution in [3.8, 4) is 11.3 Å². The van der Waals surface area contributed by atoms with Crippen LogP contribution in [0.3, 0.4) is 0 Å². The highest BCUT2D eigenvalue weighted by molar-refractivity contribution is 6.03. The molecule has 0 amide bonds. The molecule has 1 N–H and O–H groups in total. The molecule has 0 aliphatic rings. The molecule has 2 aromatic rings. The Morgan fingerprint density at radius 2 is 1.83 bits per heavy atom. The fraction of sp³-hybridized carbons (Fsp3) is 0.143. The van der Waals surface area contributed by atoms with Crippen LogP contribution in [-0.2, 0) is 4.74 Å². The van der Waals surface area contributed by atoms with Crippen LogP contribution in [0.5, 0.6) is 0 Å². The van der Waals surface area contributed by atoms with E-state index in [2.05, 4.69) is 9.72 Å². The van der Waals surface area contributed by atoms with Gasteiger partial charge in [0.2, 0.25) is 0 Å². The van der Waals surface area contributed by atoms with Crippen LogP contribution in [0.2, 0.25) is 0 Å². The highest BCUT2D eigenvalue weighted by Crippen LogP contribution is 2.24. The Balaban J connectivity index is 2.56. The number of carbonyl (C=O) groups is 2. The van der Waals surface area contributed by atoms with Crippen molar-refractivity contribution in [3.63, 3.8) is 0 Å². The van der Waals surface area contributed by atoms with E-state index in [-0.39, 0.29) is 11.5 Å². The number of rotatable bonds is 3. The van der Waals surface area contributed by atoms with Crippen LogP contribution in [0, 0.1) is 0 Å². The number of ether oxygens (including phenoxy) is 1. The molecule has 4 nitrogen and oxygen atoms in total. The molecule has 0 saturated heterocycles. The first kappa shape index (κ1) is 12.1. The zero-order valence-corrected chi connectivity index (χ0v) is 10.2. The van der Waals surface area contributed by atoms with Gasteiger partial charge in [0.05, 0.1) is 12.8 Å². The molecule has 0 spiro atoms. The number of hydrogen-bond acceptors (Lipinski definition) is 3. The number of aromatic nitrogens is 1. The molecule has 0 atom stereocenters. The van der Waals surface area contributed by atoms with E-state index in [1.54, 1.807) is 0 Å². The number of hydrogen-bond donors (Lipinski definition) is 1. The average molecular weight is 243 g/mol. The fourth-order valence-corrected chi connectivity index (χ4v) is 1.78. The van der Waals surface area contributed by atoms with Gasteiger partial charge in [-0.2, -0.15) is 0 Å². The van der Waals surface area contributed by atoms with Crippen molar-refractivity contribution in [1.82, 2.24) is 4.98 Å². The summed E-state index contributed by atoms with van der Waals surface area (Å²) in [5, 5.41) is 0. The van der Waals surface area contributed by atoms with E-state index < -0.39 is 5.97 Å². The first-order valence-electron chi connectivity index (χ1n) is 5.51. The Kier molecular flexibility index (Phi) is 3.28. The predicted molar refractivity (Wildman–Crippen MR) is 67.6 cm³/mol. The molecule has 2 rings (SSSR count). The number of aromatic amines is 1. The lowest BCUT2D eigenvalue weighted by Gasteiger charge is -2.00. The number of carbonyl (C=O) groups excluding carboxylic acids is 2. The third-order valence-corrected chi connectivity index (χ3v) is 2.66. The molecule has 1 heterocycles. The predicted octanol–water partition coefficient (Wildman–Crippen LogP) is 2.67. The maximum absolute atomic E-state index is 11.6. The van der Waals surface area contributed by atoms with Crippen molar-refractivity contribution in [3.05, 3.63) is 47.7 Å². The summed E-state index contributed by atoms with van der Waals surface area (Å²) in [6, 6.07) is 10.9. The minimum absolute atomic E-state index is 0.0970. The second-order valence-corrected chi connectivity index (χ2v) is 3.89. The van der Waals surface area contributed by atoms with Gasteiger partial charge in [0.15, 0.2) is 5.78 Å². The van der Waals surface area contributed by atoms with Gasteiger partial charge < -0.3 is 9.72 Å². The highest BCUT2D eigenvalue weighted by Gasteiger charge is 2.17. The quantitative estimate of drug-likeness (QED) is 0.666. The standard InChI is InChI=1S/C14H13NO3/c1-9(16)11-8-12(14(17)18-2)15-13(11)10-6-4-3-5-7-10/h3-8,15H,1-2H3. The van der Waals surface area contributed by atoms with Gasteiger partial charge in [-0.15, -0.1) is 0 Å². The van der Waals surface area contributed by atoms with E-state index in [9.17, 15) is 9.59 Å². The first-order valence-corrected chi connectivity index (χ1v) is 5.51. The Hall–Kier alpha value is -2.36. The molecule has 0 saturated carbocycles. The van der Waals surface area contributed by atoms with Crippen molar-refractivity contribution in [1.29, 1.82) is 0 Å². The van der Waals surface area contributed by atoms with Crippen LogP contribution >= 0.6 is 0 Å². The Morgan fingerprint density at radius 3 is 2.39 bits per heavy atom. The molecule has 0 aliphatic carbocycles. The topological polar surface area (TPSA) is 59.2 Å². The number of Topliss-reactive ketones (excluding diaryl/α,β-unsaturated/α-hetero) is 1. The van der Waals surface area contributed by atoms with E-state index in [1.807, 2.05) is 30.3 Å². The Labute approximate surface area is 105 Å². The maximum atomic E-state index is 11.6. The average Bonchev–Trinajstić information content (AvgIpc) is 2.84. The number of nitrogens with one attached hydrogen (secondary N) is 1. The van der Waals surface area contributed by atoms with E-state index in [0.29, 0.717) is 11.3 Å². The van der Waals surface area contributed by atoms with Gasteiger partial charge in [-0.05, 0) is 18.6 Å². The van der Waals surface area contributed by atoms with E-state index >= 15 is 0 Å². The Morgan fingerprint density at radius 1 is 1.17 bits per heavy atom. The van der Waals surface area contributed by atoms with Crippen molar-refractivity contribution in [2.45, 2.75) is 6.92 Å². The molecular weight excluding hydrogens is 230 g/mol. The van der Waals surface area contributed by atoms with Crippen molar-refractivity contribution < 1.29 is 14.3 Å². The summed E-state index contributed by atoms with van der Waals surface area (Å²) >= 11 is 0. The molecule has 0 unspecified atom stereocenters.